The minimum atomic E-state index is -4.69. The van der Waals surface area contributed by atoms with Crippen molar-refractivity contribution in [2.75, 3.05) is 0 Å². The molecule has 0 aromatic carbocycles. The summed E-state index contributed by atoms with van der Waals surface area (Å²) < 4.78 is 39.2. The highest BCUT2D eigenvalue weighted by molar-refractivity contribution is 6.33. The Kier molecular flexibility index (Phi) is 3.57. The van der Waals surface area contributed by atoms with Crippen molar-refractivity contribution < 1.29 is 18.0 Å². The number of halogens is 4. The van der Waals surface area contributed by atoms with Gasteiger partial charge in [-0.1, -0.05) is 17.7 Å². The first kappa shape index (κ1) is 13.5. The van der Waals surface area contributed by atoms with Crippen LogP contribution in [0.25, 0.3) is 11.4 Å². The molecule has 4 nitrogen and oxygen atoms in total. The topological polar surface area (TPSA) is 47.8 Å². The molecule has 2 aromatic heterocycles. The number of carbonyl (C=O) groups excluding carboxylic acids is 1. The number of rotatable bonds is 3. The van der Waals surface area contributed by atoms with Gasteiger partial charge in [0.05, 0.1) is 12.2 Å². The van der Waals surface area contributed by atoms with Gasteiger partial charge in [-0.2, -0.15) is 18.3 Å². The maximum atomic E-state index is 12.9. The van der Waals surface area contributed by atoms with Crippen LogP contribution in [0, 0.1) is 0 Å². The number of aromatic nitrogens is 3. The molecule has 0 spiro atoms. The second-order valence-electron chi connectivity index (χ2n) is 3.57. The first-order valence-corrected chi connectivity index (χ1v) is 5.51. The molecule has 0 aliphatic heterocycles. The van der Waals surface area contributed by atoms with Crippen molar-refractivity contribution in [3.63, 3.8) is 0 Å². The van der Waals surface area contributed by atoms with Crippen molar-refractivity contribution in [1.82, 2.24) is 14.8 Å². The van der Waals surface area contributed by atoms with Gasteiger partial charge < -0.3 is 4.79 Å². The van der Waals surface area contributed by atoms with Crippen molar-refractivity contribution in [3.05, 3.63) is 35.1 Å². The van der Waals surface area contributed by atoms with Gasteiger partial charge in [-0.25, -0.2) is 0 Å². The predicted molar refractivity (Wildman–Crippen MR) is 61.5 cm³/mol. The van der Waals surface area contributed by atoms with E-state index < -0.39 is 23.4 Å². The highest BCUT2D eigenvalue weighted by Gasteiger charge is 2.39. The van der Waals surface area contributed by atoms with Crippen molar-refractivity contribution in [2.45, 2.75) is 12.7 Å². The van der Waals surface area contributed by atoms with Crippen LogP contribution in [0.2, 0.25) is 5.02 Å². The lowest BCUT2D eigenvalue weighted by Gasteiger charge is -2.07. The fraction of sp³-hybridized carbons (Fsp3) is 0.182. The Labute approximate surface area is 110 Å². The molecular weight excluding hydrogens is 283 g/mol. The average molecular weight is 290 g/mol. The van der Waals surface area contributed by atoms with Crippen molar-refractivity contribution in [2.24, 2.45) is 0 Å². The lowest BCUT2D eigenvalue weighted by molar-refractivity contribution is -0.144. The quantitative estimate of drug-likeness (QED) is 0.816. The van der Waals surface area contributed by atoms with Crippen LogP contribution < -0.4 is 0 Å². The molecule has 0 aliphatic rings. The minimum absolute atomic E-state index is 0.101. The zero-order valence-corrected chi connectivity index (χ0v) is 10.1. The Hall–Kier alpha value is -1.89. The van der Waals surface area contributed by atoms with Crippen LogP contribution in [0.1, 0.15) is 5.69 Å². The van der Waals surface area contributed by atoms with E-state index in [1.807, 2.05) is 0 Å². The molecule has 0 unspecified atom stereocenters. The van der Waals surface area contributed by atoms with Crippen LogP contribution in [0.15, 0.2) is 24.4 Å². The Morgan fingerprint density at radius 3 is 2.63 bits per heavy atom. The molecule has 0 aliphatic carbocycles. The lowest BCUT2D eigenvalue weighted by Crippen LogP contribution is -2.15. The Bertz CT molecular complexity index is 595. The molecule has 0 saturated carbocycles. The molecule has 0 fully saturated rings. The molecule has 0 amide bonds. The third kappa shape index (κ3) is 2.60. The second-order valence-corrected chi connectivity index (χ2v) is 3.95. The number of aldehydes is 1. The minimum Gasteiger partial charge on any atom is -0.301 e. The van der Waals surface area contributed by atoms with E-state index in [4.69, 9.17) is 11.6 Å². The van der Waals surface area contributed by atoms with Gasteiger partial charge in [0, 0.05) is 6.20 Å². The van der Waals surface area contributed by atoms with Gasteiger partial charge in [0.15, 0.2) is 5.69 Å². The SMILES string of the molecule is O=CCn1nc(-c2ccccn2)c(Cl)c1C(F)(F)F. The van der Waals surface area contributed by atoms with Crippen LogP contribution in [0.3, 0.4) is 0 Å². The second kappa shape index (κ2) is 5.00. The molecule has 100 valence electrons. The van der Waals surface area contributed by atoms with E-state index in [0.29, 0.717) is 11.0 Å². The number of alkyl halides is 3. The molecule has 2 heterocycles. The highest BCUT2D eigenvalue weighted by atomic mass is 35.5. The van der Waals surface area contributed by atoms with Crippen molar-refractivity contribution in [1.29, 1.82) is 0 Å². The van der Waals surface area contributed by atoms with Gasteiger partial charge in [0.1, 0.15) is 17.0 Å². The first-order valence-electron chi connectivity index (χ1n) is 5.13. The van der Waals surface area contributed by atoms with Gasteiger partial charge in [-0.05, 0) is 12.1 Å². The average Bonchev–Trinajstić information content (AvgIpc) is 2.67. The van der Waals surface area contributed by atoms with E-state index in [0.717, 1.165) is 0 Å². The fourth-order valence-corrected chi connectivity index (χ4v) is 1.92. The number of hydrogen-bond acceptors (Lipinski definition) is 3. The van der Waals surface area contributed by atoms with Gasteiger partial charge in [-0.3, -0.25) is 9.67 Å². The van der Waals surface area contributed by atoms with E-state index in [1.54, 1.807) is 12.1 Å². The number of nitrogens with zero attached hydrogens (tertiary/aromatic N) is 3. The molecule has 0 bridgehead atoms. The standard InChI is InChI=1S/C11H7ClF3N3O/c12-8-9(7-3-1-2-4-16-7)17-18(5-6-19)10(8)11(13,14)15/h1-4,6H,5H2. The smallest absolute Gasteiger partial charge is 0.301 e. The molecule has 2 rings (SSSR count). The lowest BCUT2D eigenvalue weighted by atomic mass is 10.2. The summed E-state index contributed by atoms with van der Waals surface area (Å²) in [7, 11) is 0. The summed E-state index contributed by atoms with van der Waals surface area (Å²) in [5, 5.41) is 3.15. The molecule has 0 saturated heterocycles. The largest absolute Gasteiger partial charge is 0.434 e. The Morgan fingerprint density at radius 1 is 1.37 bits per heavy atom. The predicted octanol–water partition coefficient (Wildman–Crippen LogP) is 2.82. The van der Waals surface area contributed by atoms with E-state index in [2.05, 4.69) is 10.1 Å². The summed E-state index contributed by atoms with van der Waals surface area (Å²) in [5.74, 6) is 0. The number of carbonyl (C=O) groups is 1. The van der Waals surface area contributed by atoms with Crippen LogP contribution >= 0.6 is 11.6 Å². The molecule has 0 atom stereocenters. The summed E-state index contributed by atoms with van der Waals surface area (Å²) in [5.41, 5.74) is -1.04. The van der Waals surface area contributed by atoms with Crippen LogP contribution in [0.5, 0.6) is 0 Å². The number of pyridine rings is 1. The monoisotopic (exact) mass is 289 g/mol. The van der Waals surface area contributed by atoms with E-state index >= 15 is 0 Å². The fourth-order valence-electron chi connectivity index (χ4n) is 1.58. The summed E-state index contributed by atoms with van der Waals surface area (Å²) in [6.45, 7) is -0.526. The van der Waals surface area contributed by atoms with Crippen LogP contribution in [0.4, 0.5) is 13.2 Å². The molecule has 0 radical (unpaired) electrons. The van der Waals surface area contributed by atoms with Gasteiger partial charge in [-0.15, -0.1) is 0 Å². The Morgan fingerprint density at radius 2 is 2.11 bits per heavy atom. The van der Waals surface area contributed by atoms with E-state index in [-0.39, 0.29) is 11.4 Å². The summed E-state index contributed by atoms with van der Waals surface area (Å²) in [4.78, 5) is 14.3. The summed E-state index contributed by atoms with van der Waals surface area (Å²) in [6, 6.07) is 4.70. The Balaban J connectivity index is 2.62. The zero-order chi connectivity index (χ0) is 14.0. The van der Waals surface area contributed by atoms with Crippen molar-refractivity contribution in [3.8, 4) is 11.4 Å². The van der Waals surface area contributed by atoms with Crippen LogP contribution in [-0.4, -0.2) is 21.1 Å². The van der Waals surface area contributed by atoms with Gasteiger partial charge >= 0.3 is 6.18 Å². The molecule has 2 aromatic rings. The van der Waals surface area contributed by atoms with Crippen molar-refractivity contribution >= 4 is 17.9 Å². The number of hydrogen-bond donors (Lipinski definition) is 0. The van der Waals surface area contributed by atoms with Gasteiger partial charge in [0.25, 0.3) is 0 Å². The molecule has 8 heteroatoms. The zero-order valence-electron chi connectivity index (χ0n) is 9.36. The summed E-state index contributed by atoms with van der Waals surface area (Å²) in [6.07, 6.45) is -2.96. The normalized spacial score (nSPS) is 11.6. The third-order valence-electron chi connectivity index (χ3n) is 2.32. The maximum Gasteiger partial charge on any atom is 0.434 e. The molecule has 19 heavy (non-hydrogen) atoms. The highest BCUT2D eigenvalue weighted by Crippen LogP contribution is 2.39. The van der Waals surface area contributed by atoms with Gasteiger partial charge in [0.2, 0.25) is 0 Å². The van der Waals surface area contributed by atoms with Crippen LogP contribution in [-0.2, 0) is 17.5 Å². The summed E-state index contributed by atoms with van der Waals surface area (Å²) >= 11 is 5.73. The molecule has 0 N–H and O–H groups in total. The first-order chi connectivity index (χ1) is 8.95. The third-order valence-corrected chi connectivity index (χ3v) is 2.68. The van der Waals surface area contributed by atoms with E-state index in [9.17, 15) is 18.0 Å². The van der Waals surface area contributed by atoms with E-state index in [1.165, 1.54) is 12.3 Å². The molecular formula is C11H7ClF3N3O. The maximum absolute atomic E-state index is 12.9.